The lowest BCUT2D eigenvalue weighted by Gasteiger charge is -2.03. The minimum atomic E-state index is -0.406. The number of nitrogen functional groups attached to an aromatic ring is 1. The normalized spacial score (nSPS) is 10.2. The van der Waals surface area contributed by atoms with Gasteiger partial charge in [0.15, 0.2) is 0 Å². The molecule has 0 aliphatic carbocycles. The molecular weight excluding hydrogens is 265 g/mol. The van der Waals surface area contributed by atoms with E-state index in [4.69, 9.17) is 5.73 Å². The van der Waals surface area contributed by atoms with Crippen LogP contribution in [0.5, 0.6) is 0 Å². The lowest BCUT2D eigenvalue weighted by molar-refractivity contribution is 0.622. The van der Waals surface area contributed by atoms with Crippen LogP contribution in [0.4, 0.5) is 10.2 Å². The van der Waals surface area contributed by atoms with Crippen LogP contribution >= 0.6 is 0 Å². The van der Waals surface area contributed by atoms with Crippen molar-refractivity contribution in [2.24, 2.45) is 0 Å². The van der Waals surface area contributed by atoms with Crippen LogP contribution in [0.3, 0.4) is 0 Å². The molecule has 0 fully saturated rings. The summed E-state index contributed by atoms with van der Waals surface area (Å²) in [4.78, 5) is 7.96. The summed E-state index contributed by atoms with van der Waals surface area (Å²) in [6.07, 6.45) is 6.37. The molecule has 0 unspecified atom stereocenters. The first-order valence-corrected chi connectivity index (χ1v) is 6.30. The highest BCUT2D eigenvalue weighted by atomic mass is 19.1. The van der Waals surface area contributed by atoms with Crippen molar-refractivity contribution in [3.63, 3.8) is 0 Å². The fourth-order valence-corrected chi connectivity index (χ4v) is 1.74. The number of hydrogen-bond donors (Lipinski definition) is 1. The van der Waals surface area contributed by atoms with Gasteiger partial charge in [-0.3, -0.25) is 4.98 Å². The average Bonchev–Trinajstić information content (AvgIpc) is 2.45. The zero-order chi connectivity index (χ0) is 15.2. The number of nitrogens with two attached hydrogens (primary N) is 1. The zero-order valence-corrected chi connectivity index (χ0v) is 11.6. The van der Waals surface area contributed by atoms with E-state index < -0.39 is 5.82 Å². The molecule has 0 bridgehead atoms. The predicted octanol–water partition coefficient (Wildman–Crippen LogP) is 3.35. The smallest absolute Gasteiger partial charge is 0.142 e. The average molecular weight is 279 g/mol. The Morgan fingerprint density at radius 2 is 2.10 bits per heavy atom. The highest BCUT2D eigenvalue weighted by molar-refractivity contribution is 5.67. The van der Waals surface area contributed by atoms with Crippen LogP contribution in [0.2, 0.25) is 0 Å². The van der Waals surface area contributed by atoms with E-state index in [1.54, 1.807) is 24.4 Å². The Morgan fingerprint density at radius 1 is 1.29 bits per heavy atom. The van der Waals surface area contributed by atoms with Gasteiger partial charge < -0.3 is 5.73 Å². The van der Waals surface area contributed by atoms with Crippen LogP contribution < -0.4 is 5.73 Å². The van der Waals surface area contributed by atoms with Crippen molar-refractivity contribution in [1.29, 1.82) is 0 Å². The van der Waals surface area contributed by atoms with Crippen molar-refractivity contribution in [2.75, 3.05) is 5.73 Å². The molecule has 2 rings (SSSR count). The van der Waals surface area contributed by atoms with Gasteiger partial charge in [-0.15, -0.1) is 0 Å². The van der Waals surface area contributed by atoms with Gasteiger partial charge in [0.1, 0.15) is 17.3 Å². The summed E-state index contributed by atoms with van der Waals surface area (Å²) in [7, 11) is 0. The summed E-state index contributed by atoms with van der Waals surface area (Å²) in [6, 6.07) is 4.78. The van der Waals surface area contributed by atoms with Gasteiger partial charge in [0.25, 0.3) is 0 Å². The summed E-state index contributed by atoms with van der Waals surface area (Å²) in [5, 5.41) is 0. The highest BCUT2D eigenvalue weighted by Gasteiger charge is 2.03. The van der Waals surface area contributed by atoms with Crippen molar-refractivity contribution in [3.8, 4) is 23.0 Å². The maximum Gasteiger partial charge on any atom is 0.142 e. The summed E-state index contributed by atoms with van der Waals surface area (Å²) in [6.45, 7) is 5.68. The molecule has 2 aromatic heterocycles. The Bertz CT molecular complexity index is 767. The van der Waals surface area contributed by atoms with Crippen molar-refractivity contribution >= 4 is 5.82 Å². The molecule has 0 aromatic carbocycles. The summed E-state index contributed by atoms with van der Waals surface area (Å²) in [5.41, 5.74) is 8.29. The SMILES string of the molecule is C=C(C#Cc1cc(-c2cncc(F)c2)cc(N)n1)/C=C\C. The zero-order valence-electron chi connectivity index (χ0n) is 11.6. The molecule has 104 valence electrons. The van der Waals surface area contributed by atoms with Gasteiger partial charge in [-0.2, -0.15) is 0 Å². The van der Waals surface area contributed by atoms with Gasteiger partial charge in [-0.1, -0.05) is 24.7 Å². The number of hydrogen-bond acceptors (Lipinski definition) is 3. The molecule has 0 aliphatic heterocycles. The quantitative estimate of drug-likeness (QED) is 0.677. The molecule has 0 saturated carbocycles. The molecule has 21 heavy (non-hydrogen) atoms. The fourth-order valence-electron chi connectivity index (χ4n) is 1.74. The maximum atomic E-state index is 13.2. The van der Waals surface area contributed by atoms with Crippen LogP contribution in [0.25, 0.3) is 11.1 Å². The van der Waals surface area contributed by atoms with Gasteiger partial charge >= 0.3 is 0 Å². The molecule has 4 heteroatoms. The first kappa shape index (κ1) is 14.5. The number of rotatable bonds is 2. The van der Waals surface area contributed by atoms with E-state index in [1.165, 1.54) is 6.07 Å². The minimum Gasteiger partial charge on any atom is -0.384 e. The minimum absolute atomic E-state index is 0.317. The van der Waals surface area contributed by atoms with Gasteiger partial charge in [-0.25, -0.2) is 9.37 Å². The maximum absolute atomic E-state index is 13.2. The number of allylic oxidation sites excluding steroid dienone is 3. The van der Waals surface area contributed by atoms with E-state index >= 15 is 0 Å². The Morgan fingerprint density at radius 3 is 2.81 bits per heavy atom. The third kappa shape index (κ3) is 4.02. The number of halogens is 1. The van der Waals surface area contributed by atoms with E-state index in [2.05, 4.69) is 28.4 Å². The Hall–Kier alpha value is -2.93. The number of aromatic nitrogens is 2. The summed E-state index contributed by atoms with van der Waals surface area (Å²) < 4.78 is 13.2. The van der Waals surface area contributed by atoms with Crippen molar-refractivity contribution < 1.29 is 4.39 Å². The molecule has 3 nitrogen and oxygen atoms in total. The first-order valence-electron chi connectivity index (χ1n) is 6.30. The van der Waals surface area contributed by atoms with Gasteiger partial charge in [0.2, 0.25) is 0 Å². The second kappa shape index (κ2) is 6.49. The van der Waals surface area contributed by atoms with Gasteiger partial charge in [0.05, 0.1) is 6.20 Å². The molecule has 2 N–H and O–H groups in total. The Balaban J connectivity index is 2.40. The third-order valence-corrected chi connectivity index (χ3v) is 2.60. The monoisotopic (exact) mass is 279 g/mol. The van der Waals surface area contributed by atoms with E-state index in [9.17, 15) is 4.39 Å². The predicted molar refractivity (Wildman–Crippen MR) is 82.7 cm³/mol. The lowest BCUT2D eigenvalue weighted by atomic mass is 10.1. The molecule has 0 radical (unpaired) electrons. The number of nitrogens with zero attached hydrogens (tertiary/aromatic N) is 2. The van der Waals surface area contributed by atoms with Gasteiger partial charge in [-0.05, 0) is 36.6 Å². The van der Waals surface area contributed by atoms with Gasteiger partial charge in [0, 0.05) is 17.3 Å². The molecule has 0 spiro atoms. The molecule has 0 atom stereocenters. The molecule has 0 amide bonds. The van der Waals surface area contributed by atoms with Crippen LogP contribution in [0.15, 0.2) is 54.9 Å². The van der Waals surface area contributed by atoms with Crippen molar-refractivity contribution in [1.82, 2.24) is 9.97 Å². The molecule has 2 heterocycles. The second-order valence-corrected chi connectivity index (χ2v) is 4.33. The Kier molecular flexibility index (Phi) is 4.47. The number of pyridine rings is 2. The first-order chi connectivity index (χ1) is 10.1. The molecule has 2 aromatic rings. The summed E-state index contributed by atoms with van der Waals surface area (Å²) in [5.74, 6) is 5.68. The third-order valence-electron chi connectivity index (χ3n) is 2.60. The van der Waals surface area contributed by atoms with Crippen LogP contribution in [-0.2, 0) is 0 Å². The van der Waals surface area contributed by atoms with Crippen LogP contribution in [-0.4, -0.2) is 9.97 Å². The fraction of sp³-hybridized carbons (Fsp3) is 0.0588. The Labute approximate surface area is 123 Å². The largest absolute Gasteiger partial charge is 0.384 e. The van der Waals surface area contributed by atoms with E-state index in [-0.39, 0.29) is 0 Å². The summed E-state index contributed by atoms with van der Waals surface area (Å²) >= 11 is 0. The highest BCUT2D eigenvalue weighted by Crippen LogP contribution is 2.21. The second-order valence-electron chi connectivity index (χ2n) is 4.33. The van der Waals surface area contributed by atoms with E-state index in [0.717, 1.165) is 11.8 Å². The molecular formula is C17H14FN3. The van der Waals surface area contributed by atoms with Crippen LogP contribution in [0.1, 0.15) is 12.6 Å². The standard InChI is InChI=1S/C17H14FN3/c1-3-4-12(2)5-6-16-8-13(9-17(19)21-16)14-7-15(18)11-20-10-14/h3-4,7-11H,2H2,1H3,(H2,19,21)/b4-3-. The lowest BCUT2D eigenvalue weighted by Crippen LogP contribution is -1.94. The van der Waals surface area contributed by atoms with Crippen LogP contribution in [0, 0.1) is 17.7 Å². The van der Waals surface area contributed by atoms with E-state index in [0.29, 0.717) is 22.6 Å². The molecule has 0 aliphatic rings. The van der Waals surface area contributed by atoms with Crippen molar-refractivity contribution in [2.45, 2.75) is 6.92 Å². The van der Waals surface area contributed by atoms with E-state index in [1.807, 2.05) is 13.0 Å². The molecule has 0 saturated heterocycles. The van der Waals surface area contributed by atoms with Crippen molar-refractivity contribution in [3.05, 3.63) is 66.4 Å². The topological polar surface area (TPSA) is 51.8 Å². The number of anilines is 1.